The molecule has 1 aromatic carbocycles. The van der Waals surface area contributed by atoms with Crippen LogP contribution in [0.2, 0.25) is 0 Å². The zero-order valence-corrected chi connectivity index (χ0v) is 15.3. The third-order valence-electron chi connectivity index (χ3n) is 5.06. The van der Waals surface area contributed by atoms with Crippen LogP contribution < -0.4 is 4.90 Å². The van der Waals surface area contributed by atoms with Gasteiger partial charge in [0.25, 0.3) is 0 Å². The molecule has 2 aromatic rings. The van der Waals surface area contributed by atoms with E-state index in [-0.39, 0.29) is 11.9 Å². The van der Waals surface area contributed by atoms with Crippen molar-refractivity contribution in [1.29, 1.82) is 0 Å². The quantitative estimate of drug-likeness (QED) is 0.859. The molecule has 1 amide bonds. The normalized spacial score (nSPS) is 18.4. The molecule has 1 saturated heterocycles. The highest BCUT2D eigenvalue weighted by Gasteiger charge is 2.29. The van der Waals surface area contributed by atoms with E-state index in [4.69, 9.17) is 0 Å². The molecular weight excluding hydrogens is 312 g/mol. The molecule has 3 rings (SSSR count). The van der Waals surface area contributed by atoms with Gasteiger partial charge >= 0.3 is 0 Å². The number of hydrogen-bond donors (Lipinski definition) is 0. The van der Waals surface area contributed by atoms with Crippen molar-refractivity contribution < 1.29 is 4.79 Å². The highest BCUT2D eigenvalue weighted by molar-refractivity contribution is 5.78. The SMILES string of the molecule is CC[C@@H]1CN(c2ncnc(C)c2C)CCC(=O)N1Cc1ccccc1. The zero-order valence-electron chi connectivity index (χ0n) is 15.3. The Balaban J connectivity index is 1.84. The molecule has 0 bridgehead atoms. The zero-order chi connectivity index (χ0) is 17.8. The van der Waals surface area contributed by atoms with Gasteiger partial charge in [0, 0.05) is 43.4 Å². The van der Waals surface area contributed by atoms with Crippen LogP contribution in [0.25, 0.3) is 0 Å². The number of aryl methyl sites for hydroxylation is 1. The molecule has 0 radical (unpaired) electrons. The van der Waals surface area contributed by atoms with Crippen LogP contribution in [-0.2, 0) is 11.3 Å². The fourth-order valence-electron chi connectivity index (χ4n) is 3.41. The van der Waals surface area contributed by atoms with Crippen molar-refractivity contribution >= 4 is 11.7 Å². The minimum Gasteiger partial charge on any atom is -0.354 e. The summed E-state index contributed by atoms with van der Waals surface area (Å²) in [5.74, 6) is 1.18. The molecule has 0 N–H and O–H groups in total. The lowest BCUT2D eigenvalue weighted by Gasteiger charge is -2.32. The van der Waals surface area contributed by atoms with Crippen LogP contribution in [0.3, 0.4) is 0 Å². The van der Waals surface area contributed by atoms with Gasteiger partial charge in [-0.25, -0.2) is 9.97 Å². The summed E-state index contributed by atoms with van der Waals surface area (Å²) < 4.78 is 0. The fourth-order valence-corrected chi connectivity index (χ4v) is 3.41. The van der Waals surface area contributed by atoms with Crippen LogP contribution in [0.5, 0.6) is 0 Å². The summed E-state index contributed by atoms with van der Waals surface area (Å²) in [5.41, 5.74) is 3.27. The fraction of sp³-hybridized carbons (Fsp3) is 0.450. The molecule has 5 heteroatoms. The molecule has 1 aromatic heterocycles. The van der Waals surface area contributed by atoms with Crippen molar-refractivity contribution in [2.45, 2.75) is 46.2 Å². The summed E-state index contributed by atoms with van der Waals surface area (Å²) in [7, 11) is 0. The summed E-state index contributed by atoms with van der Waals surface area (Å²) in [6.45, 7) is 8.40. The predicted octanol–water partition coefficient (Wildman–Crippen LogP) is 3.11. The third-order valence-corrected chi connectivity index (χ3v) is 5.06. The number of aromatic nitrogens is 2. The molecule has 0 saturated carbocycles. The summed E-state index contributed by atoms with van der Waals surface area (Å²) in [6.07, 6.45) is 3.07. The van der Waals surface area contributed by atoms with Crippen LogP contribution >= 0.6 is 0 Å². The summed E-state index contributed by atoms with van der Waals surface area (Å²) in [6, 6.07) is 10.4. The van der Waals surface area contributed by atoms with Crippen molar-refractivity contribution in [3.05, 3.63) is 53.5 Å². The predicted molar refractivity (Wildman–Crippen MR) is 99.4 cm³/mol. The van der Waals surface area contributed by atoms with E-state index in [0.29, 0.717) is 19.5 Å². The van der Waals surface area contributed by atoms with Gasteiger partial charge in [0.05, 0.1) is 0 Å². The Kier molecular flexibility index (Phi) is 5.31. The monoisotopic (exact) mass is 338 g/mol. The van der Waals surface area contributed by atoms with Gasteiger partial charge in [0.15, 0.2) is 0 Å². The molecule has 5 nitrogen and oxygen atoms in total. The molecule has 0 unspecified atom stereocenters. The molecule has 132 valence electrons. The van der Waals surface area contributed by atoms with Crippen LogP contribution in [0.4, 0.5) is 5.82 Å². The van der Waals surface area contributed by atoms with E-state index in [2.05, 4.69) is 40.8 Å². The Morgan fingerprint density at radius 1 is 1.16 bits per heavy atom. The van der Waals surface area contributed by atoms with E-state index in [9.17, 15) is 4.79 Å². The lowest BCUT2D eigenvalue weighted by atomic mass is 10.1. The van der Waals surface area contributed by atoms with E-state index in [1.807, 2.05) is 30.0 Å². The second-order valence-corrected chi connectivity index (χ2v) is 6.67. The number of nitrogens with zero attached hydrogens (tertiary/aromatic N) is 4. The number of hydrogen-bond acceptors (Lipinski definition) is 4. The number of rotatable bonds is 4. The van der Waals surface area contributed by atoms with Gasteiger partial charge in [0.2, 0.25) is 5.91 Å². The number of carbonyl (C=O) groups excluding carboxylic acids is 1. The Hall–Kier alpha value is -2.43. The topological polar surface area (TPSA) is 49.3 Å². The maximum atomic E-state index is 12.8. The average molecular weight is 338 g/mol. The lowest BCUT2D eigenvalue weighted by molar-refractivity contribution is -0.133. The summed E-state index contributed by atoms with van der Waals surface area (Å²) in [5, 5.41) is 0. The van der Waals surface area contributed by atoms with Crippen molar-refractivity contribution in [3.63, 3.8) is 0 Å². The molecule has 1 atom stereocenters. The highest BCUT2D eigenvalue weighted by Crippen LogP contribution is 2.24. The molecule has 1 aliphatic heterocycles. The Labute approximate surface area is 149 Å². The average Bonchev–Trinajstić information content (AvgIpc) is 2.78. The first kappa shape index (κ1) is 17.4. The van der Waals surface area contributed by atoms with Gasteiger partial charge in [-0.3, -0.25) is 4.79 Å². The van der Waals surface area contributed by atoms with Crippen molar-refractivity contribution in [3.8, 4) is 0 Å². The van der Waals surface area contributed by atoms with Gasteiger partial charge in [0.1, 0.15) is 12.1 Å². The van der Waals surface area contributed by atoms with Crippen molar-refractivity contribution in [2.75, 3.05) is 18.0 Å². The van der Waals surface area contributed by atoms with Gasteiger partial charge in [-0.05, 0) is 25.8 Å². The first-order chi connectivity index (χ1) is 12.1. The molecule has 2 heterocycles. The second-order valence-electron chi connectivity index (χ2n) is 6.67. The van der Waals surface area contributed by atoms with Gasteiger partial charge in [-0.1, -0.05) is 37.3 Å². The first-order valence-corrected chi connectivity index (χ1v) is 8.96. The van der Waals surface area contributed by atoms with Crippen LogP contribution in [0.15, 0.2) is 36.7 Å². The number of carbonyl (C=O) groups is 1. The van der Waals surface area contributed by atoms with E-state index in [1.165, 1.54) is 5.56 Å². The third kappa shape index (κ3) is 3.81. The summed E-state index contributed by atoms with van der Waals surface area (Å²) >= 11 is 0. The van der Waals surface area contributed by atoms with E-state index >= 15 is 0 Å². The minimum atomic E-state index is 0.185. The van der Waals surface area contributed by atoms with Crippen molar-refractivity contribution in [1.82, 2.24) is 14.9 Å². The largest absolute Gasteiger partial charge is 0.354 e. The van der Waals surface area contributed by atoms with Crippen LogP contribution in [0.1, 0.15) is 36.6 Å². The van der Waals surface area contributed by atoms with Gasteiger partial charge < -0.3 is 9.80 Å². The number of anilines is 1. The molecule has 1 fully saturated rings. The Morgan fingerprint density at radius 2 is 1.92 bits per heavy atom. The second kappa shape index (κ2) is 7.64. The highest BCUT2D eigenvalue weighted by atomic mass is 16.2. The Morgan fingerprint density at radius 3 is 2.64 bits per heavy atom. The minimum absolute atomic E-state index is 0.185. The Bertz CT molecular complexity index is 732. The number of benzene rings is 1. The lowest BCUT2D eigenvalue weighted by Crippen LogP contribution is -2.42. The molecule has 0 aliphatic carbocycles. The van der Waals surface area contributed by atoms with Crippen molar-refractivity contribution in [2.24, 2.45) is 0 Å². The molecular formula is C20H26N4O. The van der Waals surface area contributed by atoms with Crippen LogP contribution in [0, 0.1) is 13.8 Å². The van der Waals surface area contributed by atoms with Gasteiger partial charge in [-0.15, -0.1) is 0 Å². The smallest absolute Gasteiger partial charge is 0.224 e. The molecule has 0 spiro atoms. The maximum absolute atomic E-state index is 12.8. The number of amides is 1. The maximum Gasteiger partial charge on any atom is 0.224 e. The van der Waals surface area contributed by atoms with E-state index in [0.717, 1.165) is 30.0 Å². The van der Waals surface area contributed by atoms with E-state index in [1.54, 1.807) is 6.33 Å². The van der Waals surface area contributed by atoms with Crippen LogP contribution in [-0.4, -0.2) is 39.9 Å². The first-order valence-electron chi connectivity index (χ1n) is 8.96. The van der Waals surface area contributed by atoms with Gasteiger partial charge in [-0.2, -0.15) is 0 Å². The molecule has 1 aliphatic rings. The summed E-state index contributed by atoms with van der Waals surface area (Å²) in [4.78, 5) is 25.8. The molecule has 25 heavy (non-hydrogen) atoms. The standard InChI is InChI=1S/C20H26N4O/c1-4-18-13-23(20-15(2)16(3)21-14-22-20)11-10-19(25)24(18)12-17-8-6-5-7-9-17/h5-9,14,18H,4,10-13H2,1-3H3/t18-/m1/s1. The van der Waals surface area contributed by atoms with E-state index < -0.39 is 0 Å².